The molecule has 0 bridgehead atoms. The first-order chi connectivity index (χ1) is 15.8. The standard InChI is InChI=1S/C26H32N2O5/c1-17(2)20-13-12-18(3)14-23(20)32-16-25(30)33-15-24(29)28-22-11-7-6-10-21(22)26(31)27-19-8-4-5-9-19/h6-7,10-14,17,19H,4-5,8-9,15-16H2,1-3H3,(H,27,31)(H,28,29). The number of nitrogens with one attached hydrogen (secondary N) is 2. The average Bonchev–Trinajstić information content (AvgIpc) is 3.29. The molecule has 0 heterocycles. The van der Waals surface area contributed by atoms with Gasteiger partial charge in [-0.3, -0.25) is 9.59 Å². The molecule has 2 aromatic rings. The van der Waals surface area contributed by atoms with Crippen LogP contribution in [-0.2, 0) is 14.3 Å². The van der Waals surface area contributed by atoms with Crippen molar-refractivity contribution in [3.8, 4) is 5.75 Å². The van der Waals surface area contributed by atoms with Gasteiger partial charge in [0.1, 0.15) is 5.75 Å². The minimum Gasteiger partial charge on any atom is -0.482 e. The number of anilines is 1. The molecule has 0 saturated heterocycles. The molecule has 0 aromatic heterocycles. The minimum absolute atomic E-state index is 0.173. The second-order valence-electron chi connectivity index (χ2n) is 8.69. The van der Waals surface area contributed by atoms with E-state index in [1.165, 1.54) is 0 Å². The monoisotopic (exact) mass is 452 g/mol. The van der Waals surface area contributed by atoms with Gasteiger partial charge in [0.25, 0.3) is 11.8 Å². The first-order valence-electron chi connectivity index (χ1n) is 11.4. The fraction of sp³-hybridized carbons (Fsp3) is 0.423. The van der Waals surface area contributed by atoms with Gasteiger partial charge in [-0.05, 0) is 55.0 Å². The second kappa shape index (κ2) is 11.5. The Kier molecular flexibility index (Phi) is 8.46. The van der Waals surface area contributed by atoms with E-state index in [0.29, 0.717) is 17.0 Å². The van der Waals surface area contributed by atoms with Gasteiger partial charge < -0.3 is 20.1 Å². The Morgan fingerprint density at radius 3 is 2.48 bits per heavy atom. The zero-order chi connectivity index (χ0) is 23.8. The highest BCUT2D eigenvalue weighted by Crippen LogP contribution is 2.27. The van der Waals surface area contributed by atoms with Gasteiger partial charge in [0.05, 0.1) is 11.3 Å². The second-order valence-corrected chi connectivity index (χ2v) is 8.69. The number of esters is 1. The summed E-state index contributed by atoms with van der Waals surface area (Å²) >= 11 is 0. The normalized spacial score (nSPS) is 13.6. The van der Waals surface area contributed by atoms with Gasteiger partial charge in [-0.25, -0.2) is 4.79 Å². The van der Waals surface area contributed by atoms with E-state index in [1.54, 1.807) is 24.3 Å². The van der Waals surface area contributed by atoms with Crippen molar-refractivity contribution in [1.29, 1.82) is 0 Å². The number of rotatable bonds is 9. The summed E-state index contributed by atoms with van der Waals surface area (Å²) in [5.41, 5.74) is 2.79. The van der Waals surface area contributed by atoms with E-state index < -0.39 is 18.5 Å². The van der Waals surface area contributed by atoms with E-state index in [9.17, 15) is 14.4 Å². The lowest BCUT2D eigenvalue weighted by Gasteiger charge is -2.15. The van der Waals surface area contributed by atoms with E-state index in [1.807, 2.05) is 39.0 Å². The molecule has 1 fully saturated rings. The summed E-state index contributed by atoms with van der Waals surface area (Å²) in [5.74, 6) is -0.513. The quantitative estimate of drug-likeness (QED) is 0.552. The van der Waals surface area contributed by atoms with Crippen LogP contribution in [0.3, 0.4) is 0 Å². The molecule has 1 saturated carbocycles. The number of carbonyl (C=O) groups excluding carboxylic acids is 3. The smallest absolute Gasteiger partial charge is 0.344 e. The number of amides is 2. The van der Waals surface area contributed by atoms with Crippen LogP contribution in [0.25, 0.3) is 0 Å². The zero-order valence-electron chi connectivity index (χ0n) is 19.5. The van der Waals surface area contributed by atoms with E-state index >= 15 is 0 Å². The number of hydrogen-bond acceptors (Lipinski definition) is 5. The molecule has 2 aromatic carbocycles. The lowest BCUT2D eigenvalue weighted by Crippen LogP contribution is -2.33. The summed E-state index contributed by atoms with van der Waals surface area (Å²) in [4.78, 5) is 37.1. The lowest BCUT2D eigenvalue weighted by atomic mass is 10.0. The zero-order valence-corrected chi connectivity index (χ0v) is 19.5. The third kappa shape index (κ3) is 7.07. The highest BCUT2D eigenvalue weighted by molar-refractivity contribution is 6.04. The summed E-state index contributed by atoms with van der Waals surface area (Å²) in [6.45, 7) is 5.28. The Labute approximate surface area is 194 Å². The fourth-order valence-corrected chi connectivity index (χ4v) is 3.88. The van der Waals surface area contributed by atoms with Gasteiger partial charge in [0.2, 0.25) is 0 Å². The Morgan fingerprint density at radius 1 is 1.03 bits per heavy atom. The molecule has 0 aliphatic heterocycles. The Hall–Kier alpha value is -3.35. The Morgan fingerprint density at radius 2 is 1.76 bits per heavy atom. The first kappa shape index (κ1) is 24.3. The van der Waals surface area contributed by atoms with Gasteiger partial charge in [-0.1, -0.05) is 51.0 Å². The maximum atomic E-state index is 12.6. The molecule has 1 aliphatic carbocycles. The third-order valence-corrected chi connectivity index (χ3v) is 5.64. The van der Waals surface area contributed by atoms with Crippen LogP contribution in [0.4, 0.5) is 5.69 Å². The van der Waals surface area contributed by atoms with Crippen molar-refractivity contribution in [2.45, 2.75) is 58.4 Å². The van der Waals surface area contributed by atoms with Crippen LogP contribution < -0.4 is 15.4 Å². The van der Waals surface area contributed by atoms with Crippen molar-refractivity contribution in [2.75, 3.05) is 18.5 Å². The number of hydrogen-bond donors (Lipinski definition) is 2. The molecule has 176 valence electrons. The van der Waals surface area contributed by atoms with E-state index in [2.05, 4.69) is 10.6 Å². The van der Waals surface area contributed by atoms with Gasteiger partial charge >= 0.3 is 5.97 Å². The third-order valence-electron chi connectivity index (χ3n) is 5.64. The van der Waals surface area contributed by atoms with Crippen LogP contribution in [0.2, 0.25) is 0 Å². The van der Waals surface area contributed by atoms with Crippen molar-refractivity contribution in [1.82, 2.24) is 5.32 Å². The number of ether oxygens (including phenoxy) is 2. The van der Waals surface area contributed by atoms with E-state index in [0.717, 1.165) is 36.8 Å². The highest BCUT2D eigenvalue weighted by Gasteiger charge is 2.20. The maximum absolute atomic E-state index is 12.6. The largest absolute Gasteiger partial charge is 0.482 e. The molecule has 0 spiro atoms. The molecule has 0 unspecified atom stereocenters. The van der Waals surface area contributed by atoms with Crippen LogP contribution in [0.15, 0.2) is 42.5 Å². The number of para-hydroxylation sites is 1. The van der Waals surface area contributed by atoms with Gasteiger partial charge in [-0.2, -0.15) is 0 Å². The molecule has 2 N–H and O–H groups in total. The molecule has 33 heavy (non-hydrogen) atoms. The first-order valence-corrected chi connectivity index (χ1v) is 11.4. The number of carbonyl (C=O) groups is 3. The highest BCUT2D eigenvalue weighted by atomic mass is 16.6. The molecule has 0 atom stereocenters. The summed E-state index contributed by atoms with van der Waals surface area (Å²) in [7, 11) is 0. The fourth-order valence-electron chi connectivity index (χ4n) is 3.88. The number of benzene rings is 2. The van der Waals surface area contributed by atoms with Crippen molar-refractivity contribution in [3.63, 3.8) is 0 Å². The summed E-state index contributed by atoms with van der Waals surface area (Å²) < 4.78 is 10.7. The molecule has 2 amide bonds. The van der Waals surface area contributed by atoms with E-state index in [4.69, 9.17) is 9.47 Å². The predicted molar refractivity (Wildman–Crippen MR) is 127 cm³/mol. The molecular weight excluding hydrogens is 420 g/mol. The Balaban J connectivity index is 1.50. The summed E-state index contributed by atoms with van der Waals surface area (Å²) in [6, 6.07) is 12.8. The van der Waals surface area contributed by atoms with Crippen molar-refractivity contribution in [3.05, 3.63) is 59.2 Å². The maximum Gasteiger partial charge on any atom is 0.344 e. The van der Waals surface area contributed by atoms with Crippen molar-refractivity contribution in [2.24, 2.45) is 0 Å². The molecule has 7 nitrogen and oxygen atoms in total. The summed E-state index contributed by atoms with van der Waals surface area (Å²) in [5, 5.41) is 5.67. The van der Waals surface area contributed by atoms with Gasteiger partial charge in [0, 0.05) is 6.04 Å². The average molecular weight is 453 g/mol. The molecule has 7 heteroatoms. The predicted octanol–water partition coefficient (Wildman–Crippen LogP) is 4.35. The minimum atomic E-state index is -0.645. The van der Waals surface area contributed by atoms with Crippen molar-refractivity contribution < 1.29 is 23.9 Å². The van der Waals surface area contributed by atoms with Crippen LogP contribution in [0.1, 0.15) is 66.9 Å². The van der Waals surface area contributed by atoms with Gasteiger partial charge in [0.15, 0.2) is 13.2 Å². The Bertz CT molecular complexity index is 996. The lowest BCUT2D eigenvalue weighted by molar-refractivity contribution is -0.149. The number of aryl methyl sites for hydroxylation is 1. The van der Waals surface area contributed by atoms with E-state index in [-0.39, 0.29) is 24.5 Å². The molecule has 3 rings (SSSR count). The SMILES string of the molecule is Cc1ccc(C(C)C)c(OCC(=O)OCC(=O)Nc2ccccc2C(=O)NC2CCCC2)c1. The van der Waals surface area contributed by atoms with Crippen molar-refractivity contribution >= 4 is 23.5 Å². The van der Waals surface area contributed by atoms with Crippen LogP contribution in [-0.4, -0.2) is 37.0 Å². The van der Waals surface area contributed by atoms with Gasteiger partial charge in [-0.15, -0.1) is 0 Å². The summed E-state index contributed by atoms with van der Waals surface area (Å²) in [6.07, 6.45) is 4.17. The molecule has 0 radical (unpaired) electrons. The topological polar surface area (TPSA) is 93.7 Å². The van der Waals surface area contributed by atoms with Crippen LogP contribution in [0.5, 0.6) is 5.75 Å². The van der Waals surface area contributed by atoms with Crippen LogP contribution >= 0.6 is 0 Å². The molecule has 1 aliphatic rings. The van der Waals surface area contributed by atoms with Crippen LogP contribution in [0, 0.1) is 6.92 Å². The molecular formula is C26H32N2O5.